The molecule has 1 N–H and O–H groups in total. The zero-order chi connectivity index (χ0) is 11.4. The van der Waals surface area contributed by atoms with E-state index in [1.807, 2.05) is 18.5 Å². The van der Waals surface area contributed by atoms with E-state index in [1.165, 1.54) is 31.2 Å². The van der Waals surface area contributed by atoms with E-state index in [1.54, 1.807) is 0 Å². The van der Waals surface area contributed by atoms with Gasteiger partial charge in [-0.05, 0) is 36.9 Å². The molecule has 0 bridgehead atoms. The molecule has 2 rings (SSSR count). The summed E-state index contributed by atoms with van der Waals surface area (Å²) >= 11 is 0. The molecule has 0 saturated carbocycles. The standard InChI is InChI=1S/C14H22N2/c1-12(2)14(8-4-3-5-10-16-14)13-7-6-9-15-11-13/h6-7,9,11-12,16H,3-5,8,10H2,1-2H3. The molecule has 0 amide bonds. The fraction of sp³-hybridized carbons (Fsp3) is 0.643. The van der Waals surface area contributed by atoms with Gasteiger partial charge in [-0.25, -0.2) is 0 Å². The van der Waals surface area contributed by atoms with Gasteiger partial charge in [0.05, 0.1) is 0 Å². The Bertz CT molecular complexity index is 311. The van der Waals surface area contributed by atoms with Crippen LogP contribution in [-0.2, 0) is 5.54 Å². The molecule has 0 spiro atoms. The highest BCUT2D eigenvalue weighted by atomic mass is 15.0. The normalized spacial score (nSPS) is 26.7. The SMILES string of the molecule is CC(C)C1(c2cccnc2)CCCCCN1. The van der Waals surface area contributed by atoms with Crippen molar-refractivity contribution in [2.24, 2.45) is 5.92 Å². The summed E-state index contributed by atoms with van der Waals surface area (Å²) in [5.41, 5.74) is 1.50. The zero-order valence-electron chi connectivity index (χ0n) is 10.4. The second-order valence-corrected chi connectivity index (χ2v) is 5.11. The van der Waals surface area contributed by atoms with Gasteiger partial charge in [0.15, 0.2) is 0 Å². The van der Waals surface area contributed by atoms with Gasteiger partial charge in [-0.2, -0.15) is 0 Å². The van der Waals surface area contributed by atoms with Gasteiger partial charge >= 0.3 is 0 Å². The monoisotopic (exact) mass is 218 g/mol. The van der Waals surface area contributed by atoms with Crippen LogP contribution in [0.3, 0.4) is 0 Å². The van der Waals surface area contributed by atoms with Gasteiger partial charge in [0.1, 0.15) is 0 Å². The molecule has 2 nitrogen and oxygen atoms in total. The summed E-state index contributed by atoms with van der Waals surface area (Å²) in [4.78, 5) is 4.28. The highest BCUT2D eigenvalue weighted by Gasteiger charge is 2.35. The van der Waals surface area contributed by atoms with E-state index in [2.05, 4.69) is 30.2 Å². The predicted molar refractivity (Wildman–Crippen MR) is 67.2 cm³/mol. The predicted octanol–water partition coefficient (Wildman–Crippen LogP) is 3.10. The number of nitrogens with one attached hydrogen (secondary N) is 1. The first-order chi connectivity index (χ1) is 7.76. The van der Waals surface area contributed by atoms with Crippen molar-refractivity contribution in [3.63, 3.8) is 0 Å². The maximum atomic E-state index is 4.28. The molecule has 1 aliphatic rings. The molecule has 0 aromatic carbocycles. The number of aromatic nitrogens is 1. The summed E-state index contributed by atoms with van der Waals surface area (Å²) in [6.45, 7) is 5.75. The van der Waals surface area contributed by atoms with E-state index in [-0.39, 0.29) is 5.54 Å². The molecule has 1 saturated heterocycles. The third-order valence-corrected chi connectivity index (χ3v) is 3.85. The number of hydrogen-bond donors (Lipinski definition) is 1. The lowest BCUT2D eigenvalue weighted by Crippen LogP contribution is -2.46. The second kappa shape index (κ2) is 4.96. The van der Waals surface area contributed by atoms with Crippen molar-refractivity contribution >= 4 is 0 Å². The quantitative estimate of drug-likeness (QED) is 0.825. The Morgan fingerprint density at radius 1 is 1.31 bits per heavy atom. The van der Waals surface area contributed by atoms with E-state index in [9.17, 15) is 0 Å². The van der Waals surface area contributed by atoms with Crippen LogP contribution in [0, 0.1) is 5.92 Å². The maximum absolute atomic E-state index is 4.28. The lowest BCUT2D eigenvalue weighted by atomic mass is 9.77. The molecule has 1 aliphatic heterocycles. The van der Waals surface area contributed by atoms with E-state index < -0.39 is 0 Å². The molecule has 1 unspecified atom stereocenters. The average molecular weight is 218 g/mol. The topological polar surface area (TPSA) is 24.9 Å². The van der Waals surface area contributed by atoms with Gasteiger partial charge in [-0.3, -0.25) is 4.98 Å². The van der Waals surface area contributed by atoms with E-state index in [0.29, 0.717) is 5.92 Å². The molecule has 1 fully saturated rings. The van der Waals surface area contributed by atoms with Crippen molar-refractivity contribution in [1.82, 2.24) is 10.3 Å². The molecule has 1 aromatic rings. The van der Waals surface area contributed by atoms with Crippen LogP contribution in [-0.4, -0.2) is 11.5 Å². The second-order valence-electron chi connectivity index (χ2n) is 5.11. The number of rotatable bonds is 2. The Balaban J connectivity index is 2.34. The lowest BCUT2D eigenvalue weighted by molar-refractivity contribution is 0.230. The molecule has 1 aromatic heterocycles. The molecule has 88 valence electrons. The highest BCUT2D eigenvalue weighted by Crippen LogP contribution is 2.36. The Labute approximate surface area is 98.5 Å². The van der Waals surface area contributed by atoms with E-state index >= 15 is 0 Å². The summed E-state index contributed by atoms with van der Waals surface area (Å²) in [6, 6.07) is 4.26. The molecule has 2 heteroatoms. The maximum Gasteiger partial charge on any atom is 0.0473 e. The van der Waals surface area contributed by atoms with Crippen LogP contribution in [0.5, 0.6) is 0 Å². The third kappa shape index (κ3) is 2.12. The third-order valence-electron chi connectivity index (χ3n) is 3.85. The van der Waals surface area contributed by atoms with Crippen molar-refractivity contribution in [2.45, 2.75) is 45.1 Å². The fourth-order valence-corrected chi connectivity index (χ4v) is 2.80. The molecule has 2 heterocycles. The molecule has 0 aliphatic carbocycles. The van der Waals surface area contributed by atoms with Gasteiger partial charge in [0.2, 0.25) is 0 Å². The summed E-state index contributed by atoms with van der Waals surface area (Å²) in [7, 11) is 0. The molecule has 16 heavy (non-hydrogen) atoms. The zero-order valence-corrected chi connectivity index (χ0v) is 10.4. The summed E-state index contributed by atoms with van der Waals surface area (Å²) < 4.78 is 0. The molecule has 0 radical (unpaired) electrons. The molecule has 1 atom stereocenters. The smallest absolute Gasteiger partial charge is 0.0473 e. The molecular formula is C14H22N2. The van der Waals surface area contributed by atoms with Crippen LogP contribution in [0.25, 0.3) is 0 Å². The minimum atomic E-state index is 0.144. The van der Waals surface area contributed by atoms with Crippen LogP contribution in [0.2, 0.25) is 0 Å². The number of nitrogens with zero attached hydrogens (tertiary/aromatic N) is 1. The van der Waals surface area contributed by atoms with Crippen LogP contribution < -0.4 is 5.32 Å². The average Bonchev–Trinajstić information content (AvgIpc) is 2.56. The summed E-state index contributed by atoms with van der Waals surface area (Å²) in [6.07, 6.45) is 9.08. The van der Waals surface area contributed by atoms with Gasteiger partial charge < -0.3 is 5.32 Å². The number of hydrogen-bond acceptors (Lipinski definition) is 2. The Hall–Kier alpha value is -0.890. The van der Waals surface area contributed by atoms with Gasteiger partial charge in [0, 0.05) is 17.9 Å². The van der Waals surface area contributed by atoms with E-state index in [4.69, 9.17) is 0 Å². The van der Waals surface area contributed by atoms with Crippen molar-refractivity contribution in [3.05, 3.63) is 30.1 Å². The summed E-state index contributed by atoms with van der Waals surface area (Å²) in [5, 5.41) is 3.77. The van der Waals surface area contributed by atoms with Crippen LogP contribution in [0.15, 0.2) is 24.5 Å². The Morgan fingerprint density at radius 2 is 2.19 bits per heavy atom. The van der Waals surface area contributed by atoms with Crippen molar-refractivity contribution in [3.8, 4) is 0 Å². The first-order valence-corrected chi connectivity index (χ1v) is 6.41. The van der Waals surface area contributed by atoms with Gasteiger partial charge in [-0.1, -0.05) is 32.8 Å². The Kier molecular flexibility index (Phi) is 3.59. The minimum absolute atomic E-state index is 0.144. The van der Waals surface area contributed by atoms with E-state index in [0.717, 1.165) is 6.54 Å². The number of pyridine rings is 1. The van der Waals surface area contributed by atoms with Crippen LogP contribution in [0.1, 0.15) is 45.1 Å². The van der Waals surface area contributed by atoms with Crippen molar-refractivity contribution < 1.29 is 0 Å². The van der Waals surface area contributed by atoms with Gasteiger partial charge in [0.25, 0.3) is 0 Å². The Morgan fingerprint density at radius 3 is 2.88 bits per heavy atom. The van der Waals surface area contributed by atoms with Crippen LogP contribution >= 0.6 is 0 Å². The minimum Gasteiger partial charge on any atom is -0.307 e. The van der Waals surface area contributed by atoms with Crippen LogP contribution in [0.4, 0.5) is 0 Å². The molecular weight excluding hydrogens is 196 g/mol. The largest absolute Gasteiger partial charge is 0.307 e. The first kappa shape index (κ1) is 11.6. The van der Waals surface area contributed by atoms with Crippen molar-refractivity contribution in [2.75, 3.05) is 6.54 Å². The lowest BCUT2D eigenvalue weighted by Gasteiger charge is -2.38. The van der Waals surface area contributed by atoms with Gasteiger partial charge in [-0.15, -0.1) is 0 Å². The first-order valence-electron chi connectivity index (χ1n) is 6.41. The van der Waals surface area contributed by atoms with Crippen molar-refractivity contribution in [1.29, 1.82) is 0 Å². The summed E-state index contributed by atoms with van der Waals surface area (Å²) in [5.74, 6) is 0.606. The fourth-order valence-electron chi connectivity index (χ4n) is 2.80. The highest BCUT2D eigenvalue weighted by molar-refractivity contribution is 5.22.